The zero-order valence-electron chi connectivity index (χ0n) is 47.3. The molecule has 0 radical (unpaired) electrons. The number of benzene rings is 7. The van der Waals surface area contributed by atoms with Crippen molar-refractivity contribution in [3.63, 3.8) is 0 Å². The Labute approximate surface area is 444 Å². The lowest BCUT2D eigenvalue weighted by Crippen LogP contribution is -2.55. The van der Waals surface area contributed by atoms with Crippen LogP contribution in [-0.4, -0.2) is 5.54 Å². The summed E-state index contributed by atoms with van der Waals surface area (Å²) < 4.78 is 0. The summed E-state index contributed by atoms with van der Waals surface area (Å²) >= 11 is 0. The Balaban J connectivity index is 1.21. The number of aryl methyl sites for hydroxylation is 3. The summed E-state index contributed by atoms with van der Waals surface area (Å²) in [6, 6.07) is 51.2. The largest absolute Gasteiger partial charge is 0.334 e. The number of nitrogens with zero attached hydrogens (tertiary/aromatic N) is 3. The summed E-state index contributed by atoms with van der Waals surface area (Å²) in [6.45, 7) is 36.7. The first-order chi connectivity index (χ1) is 34.9. The molecule has 74 heavy (non-hydrogen) atoms. The molecule has 7 aromatic carbocycles. The maximum absolute atomic E-state index is 2.97. The van der Waals surface area contributed by atoms with Gasteiger partial charge >= 0.3 is 0 Å². The molecule has 0 spiro atoms. The van der Waals surface area contributed by atoms with E-state index >= 15 is 0 Å². The van der Waals surface area contributed by atoms with Crippen molar-refractivity contribution >= 4 is 39.8 Å². The lowest BCUT2D eigenvalue weighted by Gasteiger charge is -2.54. The normalized spacial score (nSPS) is 25.2. The summed E-state index contributed by atoms with van der Waals surface area (Å²) in [5.74, 6) is 0.0535. The van der Waals surface area contributed by atoms with E-state index in [1.807, 2.05) is 0 Å². The van der Waals surface area contributed by atoms with E-state index in [-0.39, 0.29) is 44.1 Å². The molecule has 0 saturated heterocycles. The quantitative estimate of drug-likeness (QED) is 0.175. The van der Waals surface area contributed by atoms with E-state index in [9.17, 15) is 0 Å². The van der Waals surface area contributed by atoms with Gasteiger partial charge in [-0.05, 0) is 173 Å². The highest BCUT2D eigenvalue weighted by Crippen LogP contribution is 2.72. The third kappa shape index (κ3) is 6.13. The fraction of sp³-hybridized carbons (Fsp3) is 0.408. The van der Waals surface area contributed by atoms with Gasteiger partial charge in [0, 0.05) is 39.2 Å². The van der Waals surface area contributed by atoms with Crippen molar-refractivity contribution in [2.75, 3.05) is 14.7 Å². The second-order valence-corrected chi connectivity index (χ2v) is 27.7. The van der Waals surface area contributed by atoms with Crippen LogP contribution in [0.15, 0.2) is 127 Å². The third-order valence-corrected chi connectivity index (χ3v) is 20.5. The van der Waals surface area contributed by atoms with Crippen molar-refractivity contribution in [3.05, 3.63) is 194 Å². The number of fused-ring (bicyclic) bond motifs is 12. The molecular weight excluding hydrogens is 895 g/mol. The highest BCUT2D eigenvalue weighted by Gasteiger charge is 2.64. The standard InChI is InChI=1S/C71H79N3/c1-43-37-44(2)63-64-60(43)61-51-30-27-49(67(9,10)11)40-57(51)72(55-31-28-47(65(3,4)5)38-52(55)45-23-17-16-18-24-45)58-41-50(42-59(62(58)61)74(64)70(14)35-22-21-34-69(63,70)13)73-56-32-29-48(66(6,7)8)39-54(56)68(12)36-33-46-25-19-20-26-53(46)71(68,73)15/h16-20,23-32,37-42,61H,21-22,33-36H2,1-15H3. The smallest absolute Gasteiger partial charge is 0.0771 e. The molecule has 0 amide bonds. The van der Waals surface area contributed by atoms with E-state index < -0.39 is 0 Å². The van der Waals surface area contributed by atoms with Gasteiger partial charge in [0.2, 0.25) is 0 Å². The molecule has 3 nitrogen and oxygen atoms in total. The molecule has 7 aromatic rings. The third-order valence-electron chi connectivity index (χ3n) is 20.5. The lowest BCUT2D eigenvalue weighted by atomic mass is 9.59. The predicted molar refractivity (Wildman–Crippen MR) is 314 cm³/mol. The predicted octanol–water partition coefficient (Wildman–Crippen LogP) is 19.2. The zero-order valence-corrected chi connectivity index (χ0v) is 47.3. The van der Waals surface area contributed by atoms with E-state index in [2.05, 4.69) is 246 Å². The molecule has 0 bridgehead atoms. The molecule has 378 valence electrons. The molecule has 5 unspecified atom stereocenters. The number of hydrogen-bond donors (Lipinski definition) is 0. The molecule has 6 aliphatic rings. The second kappa shape index (κ2) is 15.3. The Morgan fingerprint density at radius 2 is 1.11 bits per heavy atom. The second-order valence-electron chi connectivity index (χ2n) is 27.7. The van der Waals surface area contributed by atoms with E-state index in [1.165, 1.54) is 131 Å². The first-order valence-corrected chi connectivity index (χ1v) is 28.2. The van der Waals surface area contributed by atoms with E-state index in [0.29, 0.717) is 0 Å². The average molecular weight is 974 g/mol. The van der Waals surface area contributed by atoms with Gasteiger partial charge in [-0.1, -0.05) is 180 Å². The first kappa shape index (κ1) is 47.6. The minimum absolute atomic E-state index is 0.0121. The Bertz CT molecular complexity index is 3520. The van der Waals surface area contributed by atoms with Crippen molar-refractivity contribution in [1.82, 2.24) is 0 Å². The highest BCUT2D eigenvalue weighted by molar-refractivity contribution is 6.02. The first-order valence-electron chi connectivity index (χ1n) is 28.2. The van der Waals surface area contributed by atoms with Crippen LogP contribution in [0.25, 0.3) is 11.1 Å². The number of anilines is 7. The Morgan fingerprint density at radius 1 is 0.486 bits per heavy atom. The van der Waals surface area contributed by atoms with E-state index in [1.54, 1.807) is 5.56 Å². The van der Waals surface area contributed by atoms with Crippen LogP contribution >= 0.6 is 0 Å². The van der Waals surface area contributed by atoms with Crippen LogP contribution in [0, 0.1) is 13.8 Å². The van der Waals surface area contributed by atoms with Crippen LogP contribution in [0.3, 0.4) is 0 Å². The van der Waals surface area contributed by atoms with Gasteiger partial charge in [-0.25, -0.2) is 0 Å². The summed E-state index contributed by atoms with van der Waals surface area (Å²) in [6.07, 6.45) is 7.02. The summed E-state index contributed by atoms with van der Waals surface area (Å²) in [5.41, 5.74) is 28.5. The van der Waals surface area contributed by atoms with Gasteiger partial charge in [0.05, 0.1) is 39.5 Å². The number of hydrogen-bond acceptors (Lipinski definition) is 3. The molecule has 1 saturated carbocycles. The van der Waals surface area contributed by atoms with E-state index in [4.69, 9.17) is 0 Å². The fourth-order valence-electron chi connectivity index (χ4n) is 16.1. The lowest BCUT2D eigenvalue weighted by molar-refractivity contribution is 0.194. The van der Waals surface area contributed by atoms with Crippen LogP contribution < -0.4 is 14.7 Å². The fourth-order valence-corrected chi connectivity index (χ4v) is 16.1. The summed E-state index contributed by atoms with van der Waals surface area (Å²) in [7, 11) is 0. The van der Waals surface area contributed by atoms with Crippen LogP contribution in [0.4, 0.5) is 39.8 Å². The molecule has 13 rings (SSSR count). The molecule has 1 fully saturated rings. The maximum Gasteiger partial charge on any atom is 0.0771 e. The van der Waals surface area contributed by atoms with E-state index in [0.717, 1.165) is 19.3 Å². The van der Waals surface area contributed by atoms with Crippen molar-refractivity contribution in [1.29, 1.82) is 0 Å². The highest BCUT2D eigenvalue weighted by atomic mass is 15.3. The monoisotopic (exact) mass is 974 g/mol. The number of rotatable bonds is 3. The average Bonchev–Trinajstić information content (AvgIpc) is 3.72. The summed E-state index contributed by atoms with van der Waals surface area (Å²) in [4.78, 5) is 8.58. The molecular formula is C71H79N3. The molecule has 0 aromatic heterocycles. The molecule has 4 heterocycles. The minimum Gasteiger partial charge on any atom is -0.334 e. The molecule has 3 heteroatoms. The molecule has 5 atom stereocenters. The van der Waals surface area contributed by atoms with Crippen molar-refractivity contribution < 1.29 is 0 Å². The van der Waals surface area contributed by atoms with Crippen LogP contribution in [0.2, 0.25) is 0 Å². The Kier molecular flexibility index (Phi) is 9.85. The van der Waals surface area contributed by atoms with Gasteiger partial charge in [0.1, 0.15) is 0 Å². The van der Waals surface area contributed by atoms with Gasteiger partial charge in [0.25, 0.3) is 0 Å². The van der Waals surface area contributed by atoms with Crippen LogP contribution in [-0.2, 0) is 39.0 Å². The molecule has 4 aliphatic heterocycles. The van der Waals surface area contributed by atoms with Gasteiger partial charge in [-0.15, -0.1) is 0 Å². The van der Waals surface area contributed by atoms with Gasteiger partial charge < -0.3 is 14.7 Å². The maximum atomic E-state index is 2.97. The van der Waals surface area contributed by atoms with Gasteiger partial charge in [0.15, 0.2) is 0 Å². The molecule has 2 aliphatic carbocycles. The Hall–Kier alpha value is -6.06. The SMILES string of the molecule is Cc1cc(C)c2c3c1C1c4ccc(C(C)(C)C)cc4N(c4ccc(C(C)(C)C)cc4-c4ccccc4)c4cc(N5c6ccc(C(C)(C)C)cc6C6(C)CCc7ccccc7C56C)cc(c41)N3C1(C)CCCCC21C. The molecule has 0 N–H and O–H groups in total. The summed E-state index contributed by atoms with van der Waals surface area (Å²) in [5, 5.41) is 0. The van der Waals surface area contributed by atoms with Crippen LogP contribution in [0.1, 0.15) is 195 Å². The van der Waals surface area contributed by atoms with Crippen molar-refractivity contribution in [2.24, 2.45) is 0 Å². The Morgan fingerprint density at radius 3 is 1.82 bits per heavy atom. The van der Waals surface area contributed by atoms with Crippen LogP contribution in [0.5, 0.6) is 0 Å². The van der Waals surface area contributed by atoms with Gasteiger partial charge in [-0.2, -0.15) is 0 Å². The topological polar surface area (TPSA) is 9.72 Å². The van der Waals surface area contributed by atoms with Crippen molar-refractivity contribution in [3.8, 4) is 11.1 Å². The zero-order chi connectivity index (χ0) is 52.0. The van der Waals surface area contributed by atoms with Gasteiger partial charge in [-0.3, -0.25) is 0 Å². The minimum atomic E-state index is -0.374. The van der Waals surface area contributed by atoms with Crippen molar-refractivity contribution in [2.45, 2.75) is 186 Å².